The van der Waals surface area contributed by atoms with Gasteiger partial charge in [0, 0.05) is 6.42 Å². The van der Waals surface area contributed by atoms with Crippen molar-refractivity contribution in [2.24, 2.45) is 29.1 Å². The summed E-state index contributed by atoms with van der Waals surface area (Å²) in [6.45, 7) is 2.52. The fourth-order valence-electron chi connectivity index (χ4n) is 6.21. The molecule has 114 valence electrons. The molecule has 2 heteroatoms. The number of hydrogen-bond donors (Lipinski definition) is 0. The summed E-state index contributed by atoms with van der Waals surface area (Å²) in [7, 11) is 0. The maximum atomic E-state index is 11.7. The van der Waals surface area contributed by atoms with Crippen molar-refractivity contribution in [3.05, 3.63) is 22.2 Å². The first-order valence-electron chi connectivity index (χ1n) is 8.66. The molecule has 0 heterocycles. The molecule has 0 radical (unpaired) electrons. The molecule has 21 heavy (non-hydrogen) atoms. The number of allylic oxidation sites excluding steroid dienone is 2. The highest BCUT2D eigenvalue weighted by Crippen LogP contribution is 2.63. The topological polar surface area (TPSA) is 17.1 Å². The minimum atomic E-state index is 0.380. The molecule has 4 aliphatic carbocycles. The zero-order valence-corrected chi connectivity index (χ0v) is 14.5. The van der Waals surface area contributed by atoms with Crippen LogP contribution in [0.1, 0.15) is 58.3 Å². The van der Waals surface area contributed by atoms with Crippen molar-refractivity contribution in [2.45, 2.75) is 58.3 Å². The number of hydrogen-bond acceptors (Lipinski definition) is 1. The summed E-state index contributed by atoms with van der Waals surface area (Å²) in [5.74, 6) is 3.78. The summed E-state index contributed by atoms with van der Waals surface area (Å²) >= 11 is 3.61. The molecule has 0 aromatic heterocycles. The maximum Gasteiger partial charge on any atom is 0.155 e. The lowest BCUT2D eigenvalue weighted by Crippen LogP contribution is -2.45. The SMILES string of the molecule is C[C@]12CC[C@H]3[C@@H](CCC4=CC(=O)CC[C@@H]43)[C@@H]1CC/C2=C\Br. The normalized spacial score (nSPS) is 47.6. The Morgan fingerprint density at radius 1 is 1.14 bits per heavy atom. The molecule has 0 aromatic rings. The van der Waals surface area contributed by atoms with Crippen LogP contribution >= 0.6 is 15.9 Å². The Balaban J connectivity index is 1.64. The number of halogens is 1. The molecular formula is C19H25BrO. The highest BCUT2D eigenvalue weighted by atomic mass is 79.9. The lowest BCUT2D eigenvalue weighted by atomic mass is 9.52. The van der Waals surface area contributed by atoms with Crippen LogP contribution in [-0.4, -0.2) is 5.78 Å². The van der Waals surface area contributed by atoms with Crippen molar-refractivity contribution >= 4 is 21.7 Å². The van der Waals surface area contributed by atoms with Crippen molar-refractivity contribution < 1.29 is 4.79 Å². The van der Waals surface area contributed by atoms with Gasteiger partial charge in [0.2, 0.25) is 0 Å². The Hall–Kier alpha value is -0.370. The van der Waals surface area contributed by atoms with Gasteiger partial charge in [-0.05, 0) is 85.1 Å². The van der Waals surface area contributed by atoms with Gasteiger partial charge in [-0.1, -0.05) is 34.0 Å². The van der Waals surface area contributed by atoms with Crippen LogP contribution in [0.15, 0.2) is 22.2 Å². The molecule has 0 unspecified atom stereocenters. The van der Waals surface area contributed by atoms with E-state index in [1.165, 1.54) is 44.1 Å². The van der Waals surface area contributed by atoms with Crippen LogP contribution < -0.4 is 0 Å². The van der Waals surface area contributed by atoms with Gasteiger partial charge in [-0.2, -0.15) is 0 Å². The highest BCUT2D eigenvalue weighted by Gasteiger charge is 2.54. The molecule has 4 aliphatic rings. The highest BCUT2D eigenvalue weighted by molar-refractivity contribution is 9.11. The minimum absolute atomic E-state index is 0.380. The van der Waals surface area contributed by atoms with Crippen LogP contribution in [0.5, 0.6) is 0 Å². The second-order valence-corrected chi connectivity index (χ2v) is 8.39. The van der Waals surface area contributed by atoms with Crippen LogP contribution in [0.25, 0.3) is 0 Å². The van der Waals surface area contributed by atoms with Crippen LogP contribution in [-0.2, 0) is 4.79 Å². The van der Waals surface area contributed by atoms with Crippen LogP contribution in [0.3, 0.4) is 0 Å². The summed E-state index contributed by atoms with van der Waals surface area (Å²) in [6, 6.07) is 0. The molecule has 1 nitrogen and oxygen atoms in total. The molecule has 0 saturated heterocycles. The van der Waals surface area contributed by atoms with Gasteiger partial charge >= 0.3 is 0 Å². The van der Waals surface area contributed by atoms with Gasteiger partial charge in [0.25, 0.3) is 0 Å². The molecule has 5 atom stereocenters. The Morgan fingerprint density at radius 2 is 2.00 bits per heavy atom. The molecule has 0 amide bonds. The maximum absolute atomic E-state index is 11.7. The van der Waals surface area contributed by atoms with E-state index in [2.05, 4.69) is 27.8 Å². The second kappa shape index (κ2) is 5.08. The number of rotatable bonds is 0. The van der Waals surface area contributed by atoms with E-state index in [-0.39, 0.29) is 0 Å². The van der Waals surface area contributed by atoms with Gasteiger partial charge < -0.3 is 0 Å². The van der Waals surface area contributed by atoms with E-state index in [0.29, 0.717) is 11.2 Å². The average Bonchev–Trinajstić information content (AvgIpc) is 2.83. The van der Waals surface area contributed by atoms with E-state index in [1.807, 2.05) is 6.08 Å². The molecular weight excluding hydrogens is 324 g/mol. The lowest BCUT2D eigenvalue weighted by molar-refractivity contribution is -0.115. The Kier molecular flexibility index (Phi) is 3.44. The number of fused-ring (bicyclic) bond motifs is 5. The smallest absolute Gasteiger partial charge is 0.155 e. The van der Waals surface area contributed by atoms with E-state index in [1.54, 1.807) is 5.57 Å². The van der Waals surface area contributed by atoms with Gasteiger partial charge in [-0.25, -0.2) is 0 Å². The fourth-order valence-corrected chi connectivity index (χ4v) is 6.96. The molecule has 3 fully saturated rings. The third kappa shape index (κ3) is 2.04. The summed E-state index contributed by atoms with van der Waals surface area (Å²) in [5.41, 5.74) is 3.62. The first-order valence-corrected chi connectivity index (χ1v) is 9.58. The summed E-state index contributed by atoms with van der Waals surface area (Å²) in [6.07, 6.45) is 11.9. The second-order valence-electron chi connectivity index (χ2n) is 7.93. The van der Waals surface area contributed by atoms with E-state index in [9.17, 15) is 4.79 Å². The van der Waals surface area contributed by atoms with Gasteiger partial charge in [0.05, 0.1) is 0 Å². The minimum Gasteiger partial charge on any atom is -0.295 e. The lowest BCUT2D eigenvalue weighted by Gasteiger charge is -2.53. The van der Waals surface area contributed by atoms with Gasteiger partial charge in [0.15, 0.2) is 5.78 Å². The Labute approximate surface area is 136 Å². The van der Waals surface area contributed by atoms with E-state index < -0.39 is 0 Å². The van der Waals surface area contributed by atoms with Crippen LogP contribution in [0.2, 0.25) is 0 Å². The molecule has 0 spiro atoms. The van der Waals surface area contributed by atoms with Crippen molar-refractivity contribution in [2.75, 3.05) is 0 Å². The summed E-state index contributed by atoms with van der Waals surface area (Å²) < 4.78 is 0. The van der Waals surface area contributed by atoms with Crippen LogP contribution in [0, 0.1) is 29.1 Å². The summed E-state index contributed by atoms with van der Waals surface area (Å²) in [4.78, 5) is 13.9. The zero-order chi connectivity index (χ0) is 14.6. The van der Waals surface area contributed by atoms with Crippen LogP contribution in [0.4, 0.5) is 0 Å². The van der Waals surface area contributed by atoms with Crippen molar-refractivity contribution in [1.82, 2.24) is 0 Å². The molecule has 3 saturated carbocycles. The molecule has 4 rings (SSSR count). The molecule has 0 aromatic carbocycles. The predicted molar refractivity (Wildman–Crippen MR) is 89.1 cm³/mol. The van der Waals surface area contributed by atoms with Gasteiger partial charge in [-0.3, -0.25) is 4.79 Å². The monoisotopic (exact) mass is 348 g/mol. The third-order valence-electron chi connectivity index (χ3n) is 7.28. The standard InChI is InChI=1S/C19H25BrO/c1-19-9-8-16-15-6-4-14(21)10-12(15)2-5-17(16)18(19)7-3-13(19)11-20/h10-11,15-18H,2-9H2,1H3/b13-11+/t15-,16+,17+,18-,19+/m0/s1. The average molecular weight is 349 g/mol. The van der Waals surface area contributed by atoms with Crippen molar-refractivity contribution in [3.8, 4) is 0 Å². The van der Waals surface area contributed by atoms with Gasteiger partial charge in [-0.15, -0.1) is 0 Å². The fraction of sp³-hybridized carbons (Fsp3) is 0.737. The van der Waals surface area contributed by atoms with E-state index in [0.717, 1.165) is 36.5 Å². The third-order valence-corrected chi connectivity index (χ3v) is 7.83. The molecule has 0 N–H and O–H groups in total. The van der Waals surface area contributed by atoms with E-state index >= 15 is 0 Å². The predicted octanol–water partition coefficient (Wildman–Crippen LogP) is 5.41. The first-order chi connectivity index (χ1) is 10.1. The van der Waals surface area contributed by atoms with Crippen molar-refractivity contribution in [1.29, 1.82) is 0 Å². The Bertz CT molecular complexity index is 532. The molecule has 0 bridgehead atoms. The van der Waals surface area contributed by atoms with E-state index in [4.69, 9.17) is 0 Å². The number of ketones is 1. The van der Waals surface area contributed by atoms with Gasteiger partial charge in [0.1, 0.15) is 0 Å². The zero-order valence-electron chi connectivity index (χ0n) is 12.9. The summed E-state index contributed by atoms with van der Waals surface area (Å²) in [5, 5.41) is 0. The number of carbonyl (C=O) groups is 1. The quantitative estimate of drug-likeness (QED) is 0.572. The first kappa shape index (κ1) is 14.2. The molecule has 0 aliphatic heterocycles. The largest absolute Gasteiger partial charge is 0.295 e. The number of carbonyl (C=O) groups excluding carboxylic acids is 1. The van der Waals surface area contributed by atoms with Crippen molar-refractivity contribution in [3.63, 3.8) is 0 Å². The Morgan fingerprint density at radius 3 is 2.81 bits per heavy atom.